The maximum Gasteiger partial charge on any atom is 0.0587 e. The lowest BCUT2D eigenvalue weighted by atomic mass is 9.98. The van der Waals surface area contributed by atoms with E-state index in [1.807, 2.05) is 0 Å². The zero-order valence-electron chi connectivity index (χ0n) is 11.1. The van der Waals surface area contributed by atoms with Crippen LogP contribution in [0.1, 0.15) is 25.3 Å². The van der Waals surface area contributed by atoms with Gasteiger partial charge in [0.15, 0.2) is 0 Å². The Balaban J connectivity index is 2.03. The zero-order valence-corrected chi connectivity index (χ0v) is 11.1. The van der Waals surface area contributed by atoms with Crippen molar-refractivity contribution in [3.8, 4) is 0 Å². The molecule has 1 aromatic rings. The van der Waals surface area contributed by atoms with Crippen molar-refractivity contribution in [3.05, 3.63) is 35.9 Å². The van der Waals surface area contributed by atoms with Crippen LogP contribution in [0.25, 0.3) is 0 Å². The van der Waals surface area contributed by atoms with E-state index in [4.69, 9.17) is 4.74 Å². The predicted octanol–water partition coefficient (Wildman–Crippen LogP) is 2.88. The van der Waals surface area contributed by atoms with Crippen molar-refractivity contribution in [3.63, 3.8) is 0 Å². The normalized spacial score (nSPS) is 12.6. The molecule has 0 saturated carbocycles. The highest BCUT2D eigenvalue weighted by molar-refractivity contribution is 5.14. The van der Waals surface area contributed by atoms with Gasteiger partial charge < -0.3 is 10.1 Å². The standard InChI is InChI=1S/C15H25NO/c1-14(10-11-16-12-13-17-2)8-9-15-6-4-3-5-7-15/h3-7,14,16H,8-13H2,1-2H3. The Hall–Kier alpha value is -0.860. The van der Waals surface area contributed by atoms with Crippen LogP contribution in [0.2, 0.25) is 0 Å². The molecule has 1 N–H and O–H groups in total. The van der Waals surface area contributed by atoms with Gasteiger partial charge in [0.05, 0.1) is 6.61 Å². The van der Waals surface area contributed by atoms with Gasteiger partial charge in [0.1, 0.15) is 0 Å². The van der Waals surface area contributed by atoms with Gasteiger partial charge >= 0.3 is 0 Å². The highest BCUT2D eigenvalue weighted by Crippen LogP contribution is 2.11. The first-order chi connectivity index (χ1) is 8.33. The van der Waals surface area contributed by atoms with E-state index < -0.39 is 0 Å². The zero-order chi connectivity index (χ0) is 12.3. The fraction of sp³-hybridized carbons (Fsp3) is 0.600. The van der Waals surface area contributed by atoms with Gasteiger partial charge in [-0.05, 0) is 37.3 Å². The Morgan fingerprint density at radius 3 is 2.59 bits per heavy atom. The topological polar surface area (TPSA) is 21.3 Å². The maximum absolute atomic E-state index is 4.99. The molecule has 96 valence electrons. The number of aryl methyl sites for hydroxylation is 1. The Morgan fingerprint density at radius 1 is 1.12 bits per heavy atom. The molecule has 0 fully saturated rings. The quantitative estimate of drug-likeness (QED) is 0.665. The van der Waals surface area contributed by atoms with Crippen molar-refractivity contribution >= 4 is 0 Å². The fourth-order valence-corrected chi connectivity index (χ4v) is 1.85. The molecule has 0 heterocycles. The molecule has 1 rings (SSSR count). The highest BCUT2D eigenvalue weighted by atomic mass is 16.5. The van der Waals surface area contributed by atoms with Gasteiger partial charge in [-0.3, -0.25) is 0 Å². The first kappa shape index (κ1) is 14.2. The van der Waals surface area contributed by atoms with Crippen molar-refractivity contribution in [2.24, 2.45) is 5.92 Å². The molecule has 0 aromatic heterocycles. The second-order valence-electron chi connectivity index (χ2n) is 4.66. The molecule has 0 aliphatic carbocycles. The number of nitrogens with one attached hydrogen (secondary N) is 1. The molecule has 1 unspecified atom stereocenters. The average Bonchev–Trinajstić information content (AvgIpc) is 2.37. The average molecular weight is 235 g/mol. The van der Waals surface area contributed by atoms with Gasteiger partial charge in [0, 0.05) is 13.7 Å². The van der Waals surface area contributed by atoms with E-state index in [0.717, 1.165) is 25.6 Å². The first-order valence-corrected chi connectivity index (χ1v) is 6.56. The van der Waals surface area contributed by atoms with Gasteiger partial charge in [-0.1, -0.05) is 37.3 Å². The van der Waals surface area contributed by atoms with Crippen LogP contribution in [0.4, 0.5) is 0 Å². The number of hydrogen-bond donors (Lipinski definition) is 1. The van der Waals surface area contributed by atoms with Crippen molar-refractivity contribution in [1.29, 1.82) is 0 Å². The van der Waals surface area contributed by atoms with Crippen molar-refractivity contribution in [2.45, 2.75) is 26.2 Å². The molecule has 0 radical (unpaired) electrons. The summed E-state index contributed by atoms with van der Waals surface area (Å²) >= 11 is 0. The van der Waals surface area contributed by atoms with Gasteiger partial charge in [-0.2, -0.15) is 0 Å². The lowest BCUT2D eigenvalue weighted by Gasteiger charge is -2.11. The molecular formula is C15H25NO. The third kappa shape index (κ3) is 7.14. The Bertz CT molecular complexity index is 274. The fourth-order valence-electron chi connectivity index (χ4n) is 1.85. The largest absolute Gasteiger partial charge is 0.383 e. The second-order valence-corrected chi connectivity index (χ2v) is 4.66. The Morgan fingerprint density at radius 2 is 1.88 bits per heavy atom. The van der Waals surface area contributed by atoms with Crippen LogP contribution in [-0.4, -0.2) is 26.8 Å². The van der Waals surface area contributed by atoms with Crippen molar-refractivity contribution < 1.29 is 4.74 Å². The van der Waals surface area contributed by atoms with Crippen LogP contribution in [0, 0.1) is 5.92 Å². The Labute approximate surface area is 105 Å². The molecule has 2 nitrogen and oxygen atoms in total. The summed E-state index contributed by atoms with van der Waals surface area (Å²) in [6.45, 7) is 5.19. The minimum absolute atomic E-state index is 0.783. The monoisotopic (exact) mass is 235 g/mol. The first-order valence-electron chi connectivity index (χ1n) is 6.56. The van der Waals surface area contributed by atoms with Crippen LogP contribution in [-0.2, 0) is 11.2 Å². The molecule has 0 bridgehead atoms. The molecule has 0 saturated heterocycles. The van der Waals surface area contributed by atoms with Crippen molar-refractivity contribution in [1.82, 2.24) is 5.32 Å². The summed E-state index contributed by atoms with van der Waals surface area (Å²) in [5.74, 6) is 0.783. The van der Waals surface area contributed by atoms with Crippen LogP contribution < -0.4 is 5.32 Å². The molecule has 0 spiro atoms. The summed E-state index contributed by atoms with van der Waals surface area (Å²) in [5, 5.41) is 3.39. The third-order valence-corrected chi connectivity index (χ3v) is 3.07. The van der Waals surface area contributed by atoms with Crippen LogP contribution in [0.15, 0.2) is 30.3 Å². The van der Waals surface area contributed by atoms with Gasteiger partial charge in [0.2, 0.25) is 0 Å². The molecule has 2 heteroatoms. The molecule has 0 aliphatic heterocycles. The molecule has 1 aromatic carbocycles. The summed E-state index contributed by atoms with van der Waals surface area (Å²) in [7, 11) is 1.74. The van der Waals surface area contributed by atoms with E-state index in [-0.39, 0.29) is 0 Å². The summed E-state index contributed by atoms with van der Waals surface area (Å²) < 4.78 is 4.99. The van der Waals surface area contributed by atoms with E-state index in [1.54, 1.807) is 7.11 Å². The summed E-state index contributed by atoms with van der Waals surface area (Å²) in [4.78, 5) is 0. The Kier molecular flexibility index (Phi) is 7.69. The summed E-state index contributed by atoms with van der Waals surface area (Å²) in [6, 6.07) is 10.7. The second kappa shape index (κ2) is 9.20. The minimum atomic E-state index is 0.783. The number of ether oxygens (including phenoxy) is 1. The maximum atomic E-state index is 4.99. The summed E-state index contributed by atoms with van der Waals surface area (Å²) in [5.41, 5.74) is 1.45. The molecule has 1 atom stereocenters. The predicted molar refractivity (Wildman–Crippen MR) is 73.3 cm³/mol. The van der Waals surface area contributed by atoms with E-state index in [9.17, 15) is 0 Å². The van der Waals surface area contributed by atoms with Crippen LogP contribution >= 0.6 is 0 Å². The molecular weight excluding hydrogens is 210 g/mol. The lowest BCUT2D eigenvalue weighted by molar-refractivity contribution is 0.199. The van der Waals surface area contributed by atoms with Crippen molar-refractivity contribution in [2.75, 3.05) is 26.8 Å². The van der Waals surface area contributed by atoms with Gasteiger partial charge in [0.25, 0.3) is 0 Å². The SMILES string of the molecule is COCCNCCC(C)CCc1ccccc1. The molecule has 0 amide bonds. The van der Waals surface area contributed by atoms with E-state index in [1.165, 1.54) is 24.8 Å². The van der Waals surface area contributed by atoms with Gasteiger partial charge in [-0.15, -0.1) is 0 Å². The highest BCUT2D eigenvalue weighted by Gasteiger charge is 2.02. The van der Waals surface area contributed by atoms with E-state index in [2.05, 4.69) is 42.6 Å². The molecule has 0 aliphatic rings. The smallest absolute Gasteiger partial charge is 0.0587 e. The van der Waals surface area contributed by atoms with Crippen LogP contribution in [0.3, 0.4) is 0 Å². The number of benzene rings is 1. The third-order valence-electron chi connectivity index (χ3n) is 3.07. The number of hydrogen-bond acceptors (Lipinski definition) is 2. The number of methoxy groups -OCH3 is 1. The lowest BCUT2D eigenvalue weighted by Crippen LogP contribution is -2.21. The summed E-state index contributed by atoms with van der Waals surface area (Å²) in [6.07, 6.45) is 3.71. The number of rotatable bonds is 9. The van der Waals surface area contributed by atoms with E-state index in [0.29, 0.717) is 0 Å². The van der Waals surface area contributed by atoms with Crippen LogP contribution in [0.5, 0.6) is 0 Å². The molecule has 17 heavy (non-hydrogen) atoms. The minimum Gasteiger partial charge on any atom is -0.383 e. The van der Waals surface area contributed by atoms with E-state index >= 15 is 0 Å². The van der Waals surface area contributed by atoms with Gasteiger partial charge in [-0.25, -0.2) is 0 Å².